The lowest BCUT2D eigenvalue weighted by molar-refractivity contribution is -0.143. The van der Waals surface area contributed by atoms with Crippen molar-refractivity contribution in [2.75, 3.05) is 33.4 Å². The SMILES string of the molecule is COC1CCCN(C(=O)[C@H]2NCCO[C@@H]2C)C1.Cl. The predicted octanol–water partition coefficient (Wildman–Crippen LogP) is 0.422. The average molecular weight is 279 g/mol. The van der Waals surface area contributed by atoms with E-state index in [0.717, 1.165) is 25.9 Å². The van der Waals surface area contributed by atoms with E-state index in [0.29, 0.717) is 13.2 Å². The number of carbonyl (C=O) groups is 1. The van der Waals surface area contributed by atoms with Crippen molar-refractivity contribution < 1.29 is 14.3 Å². The molecule has 0 spiro atoms. The first kappa shape index (κ1) is 15.7. The van der Waals surface area contributed by atoms with Crippen molar-refractivity contribution in [3.05, 3.63) is 0 Å². The number of methoxy groups -OCH3 is 1. The fourth-order valence-corrected chi connectivity index (χ4v) is 2.54. The van der Waals surface area contributed by atoms with Crippen LogP contribution in [0.25, 0.3) is 0 Å². The van der Waals surface area contributed by atoms with Gasteiger partial charge in [-0.1, -0.05) is 0 Å². The minimum absolute atomic E-state index is 0. The number of ether oxygens (including phenoxy) is 2. The standard InChI is InChI=1S/C12H22N2O3.ClH/c1-9-11(13-5-7-17-9)12(15)14-6-3-4-10(8-14)16-2;/h9-11,13H,3-8H2,1-2H3;1H/t9-,10?,11+;/m1./s1. The number of piperidine rings is 1. The highest BCUT2D eigenvalue weighted by Gasteiger charge is 2.33. The Hall–Kier alpha value is -0.360. The maximum Gasteiger partial charge on any atom is 0.242 e. The Kier molecular flexibility index (Phi) is 6.35. The van der Waals surface area contributed by atoms with Crippen LogP contribution in [0.5, 0.6) is 0 Å². The van der Waals surface area contributed by atoms with Crippen LogP contribution < -0.4 is 5.32 Å². The quantitative estimate of drug-likeness (QED) is 0.796. The van der Waals surface area contributed by atoms with E-state index < -0.39 is 0 Å². The molecule has 5 nitrogen and oxygen atoms in total. The number of likely N-dealkylation sites (tertiary alicyclic amines) is 1. The molecule has 1 N–H and O–H groups in total. The molecular formula is C12H23ClN2O3. The number of hydrogen-bond acceptors (Lipinski definition) is 4. The summed E-state index contributed by atoms with van der Waals surface area (Å²) >= 11 is 0. The fourth-order valence-electron chi connectivity index (χ4n) is 2.54. The van der Waals surface area contributed by atoms with Crippen molar-refractivity contribution in [1.29, 1.82) is 0 Å². The van der Waals surface area contributed by atoms with Gasteiger partial charge in [-0.15, -0.1) is 12.4 Å². The van der Waals surface area contributed by atoms with E-state index in [1.54, 1.807) is 7.11 Å². The van der Waals surface area contributed by atoms with Gasteiger partial charge in [0.05, 0.1) is 18.8 Å². The van der Waals surface area contributed by atoms with Crippen LogP contribution in [0.4, 0.5) is 0 Å². The van der Waals surface area contributed by atoms with E-state index in [1.807, 2.05) is 11.8 Å². The van der Waals surface area contributed by atoms with E-state index >= 15 is 0 Å². The molecule has 2 saturated heterocycles. The van der Waals surface area contributed by atoms with Gasteiger partial charge in [0.15, 0.2) is 0 Å². The molecule has 2 rings (SSSR count). The molecule has 0 aromatic rings. The third kappa shape index (κ3) is 3.57. The van der Waals surface area contributed by atoms with Gasteiger partial charge in [0, 0.05) is 26.7 Å². The molecule has 2 heterocycles. The Labute approximate surface area is 115 Å². The van der Waals surface area contributed by atoms with Crippen molar-refractivity contribution >= 4 is 18.3 Å². The molecule has 3 atom stereocenters. The molecule has 2 fully saturated rings. The zero-order chi connectivity index (χ0) is 12.3. The lowest BCUT2D eigenvalue weighted by Gasteiger charge is -2.37. The summed E-state index contributed by atoms with van der Waals surface area (Å²) in [5.74, 6) is 0.152. The number of amides is 1. The van der Waals surface area contributed by atoms with E-state index in [-0.39, 0.29) is 36.6 Å². The van der Waals surface area contributed by atoms with Gasteiger partial charge in [0.25, 0.3) is 0 Å². The van der Waals surface area contributed by atoms with Crippen LogP contribution >= 0.6 is 12.4 Å². The smallest absolute Gasteiger partial charge is 0.242 e. The van der Waals surface area contributed by atoms with Crippen LogP contribution in [0.3, 0.4) is 0 Å². The normalized spacial score (nSPS) is 32.8. The topological polar surface area (TPSA) is 50.8 Å². The van der Waals surface area contributed by atoms with Crippen LogP contribution in [-0.4, -0.2) is 62.4 Å². The summed E-state index contributed by atoms with van der Waals surface area (Å²) in [4.78, 5) is 14.3. The van der Waals surface area contributed by atoms with Gasteiger partial charge >= 0.3 is 0 Å². The molecular weight excluding hydrogens is 256 g/mol. The first-order valence-electron chi connectivity index (χ1n) is 6.39. The lowest BCUT2D eigenvalue weighted by Crippen LogP contribution is -2.58. The first-order valence-corrected chi connectivity index (χ1v) is 6.39. The van der Waals surface area contributed by atoms with Crippen LogP contribution in [0, 0.1) is 0 Å². The summed E-state index contributed by atoms with van der Waals surface area (Å²) < 4.78 is 10.9. The largest absolute Gasteiger partial charge is 0.380 e. The summed E-state index contributed by atoms with van der Waals surface area (Å²) in [6.45, 7) is 4.93. The van der Waals surface area contributed by atoms with Crippen molar-refractivity contribution in [2.24, 2.45) is 0 Å². The Morgan fingerprint density at radius 1 is 1.50 bits per heavy atom. The van der Waals surface area contributed by atoms with Gasteiger partial charge in [0.2, 0.25) is 5.91 Å². The number of carbonyl (C=O) groups excluding carboxylic acids is 1. The Balaban J connectivity index is 0.00000162. The fraction of sp³-hybridized carbons (Fsp3) is 0.917. The molecule has 18 heavy (non-hydrogen) atoms. The number of rotatable bonds is 2. The number of hydrogen-bond donors (Lipinski definition) is 1. The van der Waals surface area contributed by atoms with Crippen LogP contribution in [-0.2, 0) is 14.3 Å². The van der Waals surface area contributed by atoms with E-state index in [1.165, 1.54) is 0 Å². The number of nitrogens with zero attached hydrogens (tertiary/aromatic N) is 1. The van der Waals surface area contributed by atoms with Crippen LogP contribution in [0.2, 0.25) is 0 Å². The summed E-state index contributed by atoms with van der Waals surface area (Å²) in [6, 6.07) is -0.195. The number of nitrogens with one attached hydrogen (secondary N) is 1. The van der Waals surface area contributed by atoms with E-state index in [9.17, 15) is 4.79 Å². The molecule has 1 unspecified atom stereocenters. The zero-order valence-electron chi connectivity index (χ0n) is 11.1. The second kappa shape index (κ2) is 7.28. The van der Waals surface area contributed by atoms with E-state index in [2.05, 4.69) is 5.32 Å². The highest BCUT2D eigenvalue weighted by molar-refractivity contribution is 5.85. The van der Waals surface area contributed by atoms with Gasteiger partial charge < -0.3 is 19.7 Å². The maximum absolute atomic E-state index is 12.4. The average Bonchev–Trinajstić information content (AvgIpc) is 2.38. The minimum atomic E-state index is -0.195. The van der Waals surface area contributed by atoms with Crippen molar-refractivity contribution in [2.45, 2.75) is 38.0 Å². The van der Waals surface area contributed by atoms with Crippen LogP contribution in [0.1, 0.15) is 19.8 Å². The van der Waals surface area contributed by atoms with Gasteiger partial charge in [-0.2, -0.15) is 0 Å². The highest BCUT2D eigenvalue weighted by atomic mass is 35.5. The second-order valence-electron chi connectivity index (χ2n) is 4.79. The molecule has 6 heteroatoms. The minimum Gasteiger partial charge on any atom is -0.380 e. The molecule has 1 amide bonds. The van der Waals surface area contributed by atoms with Gasteiger partial charge in [-0.05, 0) is 19.8 Å². The third-order valence-electron chi connectivity index (χ3n) is 3.61. The molecule has 0 radical (unpaired) electrons. The predicted molar refractivity (Wildman–Crippen MR) is 71.1 cm³/mol. The van der Waals surface area contributed by atoms with Crippen molar-refractivity contribution in [3.63, 3.8) is 0 Å². The third-order valence-corrected chi connectivity index (χ3v) is 3.61. The van der Waals surface area contributed by atoms with Crippen molar-refractivity contribution in [1.82, 2.24) is 10.2 Å². The number of morpholine rings is 1. The molecule has 0 bridgehead atoms. The molecule has 2 aliphatic heterocycles. The lowest BCUT2D eigenvalue weighted by atomic mass is 10.0. The molecule has 0 aliphatic carbocycles. The van der Waals surface area contributed by atoms with E-state index in [4.69, 9.17) is 9.47 Å². The molecule has 0 aromatic carbocycles. The zero-order valence-corrected chi connectivity index (χ0v) is 11.9. The summed E-state index contributed by atoms with van der Waals surface area (Å²) in [5.41, 5.74) is 0. The number of halogens is 1. The summed E-state index contributed by atoms with van der Waals surface area (Å²) in [5, 5.41) is 3.24. The van der Waals surface area contributed by atoms with Gasteiger partial charge in [-0.25, -0.2) is 0 Å². The Bertz CT molecular complexity index is 278. The Morgan fingerprint density at radius 3 is 2.94 bits per heavy atom. The molecule has 0 saturated carbocycles. The molecule has 106 valence electrons. The highest BCUT2D eigenvalue weighted by Crippen LogP contribution is 2.15. The Morgan fingerprint density at radius 2 is 2.28 bits per heavy atom. The van der Waals surface area contributed by atoms with Crippen molar-refractivity contribution in [3.8, 4) is 0 Å². The molecule has 2 aliphatic rings. The summed E-state index contributed by atoms with van der Waals surface area (Å²) in [6.07, 6.45) is 2.21. The first-order chi connectivity index (χ1) is 8.22. The van der Waals surface area contributed by atoms with Crippen LogP contribution in [0.15, 0.2) is 0 Å². The maximum atomic E-state index is 12.4. The second-order valence-corrected chi connectivity index (χ2v) is 4.79. The van der Waals surface area contributed by atoms with Gasteiger partial charge in [-0.3, -0.25) is 4.79 Å². The molecule has 0 aromatic heterocycles. The summed E-state index contributed by atoms with van der Waals surface area (Å²) in [7, 11) is 1.71. The monoisotopic (exact) mass is 278 g/mol. The van der Waals surface area contributed by atoms with Gasteiger partial charge in [0.1, 0.15) is 6.04 Å².